The standard InChI is InChI=1S/C19H38O10P2/c1-18(2,14-28-30(22,23)24)12-6-10-16(20)8-5-9-17(21)11-7-13-19(3,4)15-29-31(25,26)27/h5-15H2,1-4H3,(H2,22,23,24)(H2,25,26,27). The second-order valence-electron chi connectivity index (χ2n) is 9.49. The third kappa shape index (κ3) is 19.9. The van der Waals surface area contributed by atoms with Gasteiger partial charge in [-0.3, -0.25) is 18.6 Å². The maximum Gasteiger partial charge on any atom is 0.469 e. The lowest BCUT2D eigenvalue weighted by Gasteiger charge is -2.24. The summed E-state index contributed by atoms with van der Waals surface area (Å²) in [5.41, 5.74) is -0.914. The predicted octanol–water partition coefficient (Wildman–Crippen LogP) is 3.91. The average Bonchev–Trinajstić information content (AvgIpc) is 2.57. The first-order valence-corrected chi connectivity index (χ1v) is 13.4. The number of phosphoric acid groups is 2. The molecule has 0 aliphatic rings. The van der Waals surface area contributed by atoms with Crippen LogP contribution in [0.5, 0.6) is 0 Å². The van der Waals surface area contributed by atoms with Gasteiger partial charge in [0.15, 0.2) is 0 Å². The van der Waals surface area contributed by atoms with E-state index in [0.717, 1.165) is 0 Å². The van der Waals surface area contributed by atoms with Crippen molar-refractivity contribution in [1.82, 2.24) is 0 Å². The Labute approximate surface area is 184 Å². The van der Waals surface area contributed by atoms with Gasteiger partial charge in [0.25, 0.3) is 0 Å². The fourth-order valence-electron chi connectivity index (χ4n) is 2.92. The molecule has 4 N–H and O–H groups in total. The zero-order valence-electron chi connectivity index (χ0n) is 18.9. The van der Waals surface area contributed by atoms with Crippen molar-refractivity contribution in [2.45, 2.75) is 85.5 Å². The molecule has 0 aromatic rings. The van der Waals surface area contributed by atoms with E-state index >= 15 is 0 Å². The van der Waals surface area contributed by atoms with E-state index in [0.29, 0.717) is 57.8 Å². The summed E-state index contributed by atoms with van der Waals surface area (Å²) in [5.74, 6) is 0.102. The van der Waals surface area contributed by atoms with Gasteiger partial charge in [0.05, 0.1) is 13.2 Å². The molecule has 0 spiro atoms. The Kier molecular flexibility index (Phi) is 13.1. The van der Waals surface area contributed by atoms with Crippen LogP contribution in [-0.2, 0) is 27.8 Å². The van der Waals surface area contributed by atoms with Crippen LogP contribution in [0, 0.1) is 10.8 Å². The molecule has 31 heavy (non-hydrogen) atoms. The minimum absolute atomic E-state index is 0.0511. The van der Waals surface area contributed by atoms with Crippen LogP contribution < -0.4 is 0 Å². The molecule has 0 bridgehead atoms. The first kappa shape index (κ1) is 30.6. The van der Waals surface area contributed by atoms with E-state index in [4.69, 9.17) is 19.6 Å². The lowest BCUT2D eigenvalue weighted by molar-refractivity contribution is -0.120. The van der Waals surface area contributed by atoms with Crippen molar-refractivity contribution in [1.29, 1.82) is 0 Å². The van der Waals surface area contributed by atoms with Crippen LogP contribution in [0.4, 0.5) is 0 Å². The van der Waals surface area contributed by atoms with E-state index in [9.17, 15) is 18.7 Å². The second kappa shape index (κ2) is 13.3. The predicted molar refractivity (Wildman–Crippen MR) is 115 cm³/mol. The van der Waals surface area contributed by atoms with Crippen LogP contribution in [-0.4, -0.2) is 44.4 Å². The number of hydrogen-bond donors (Lipinski definition) is 4. The summed E-state index contributed by atoms with van der Waals surface area (Å²) >= 11 is 0. The Morgan fingerprint density at radius 1 is 0.645 bits per heavy atom. The molecule has 0 saturated carbocycles. The molecule has 0 aromatic carbocycles. The average molecular weight is 488 g/mol. The number of carbonyl (C=O) groups is 2. The Hall–Kier alpha value is -0.440. The number of rotatable bonds is 18. The first-order chi connectivity index (χ1) is 13.9. The van der Waals surface area contributed by atoms with E-state index in [1.807, 2.05) is 27.7 Å². The van der Waals surface area contributed by atoms with Crippen LogP contribution >= 0.6 is 15.6 Å². The second-order valence-corrected chi connectivity index (χ2v) is 12.0. The van der Waals surface area contributed by atoms with Gasteiger partial charge in [-0.15, -0.1) is 0 Å². The Morgan fingerprint density at radius 3 is 1.23 bits per heavy atom. The van der Waals surface area contributed by atoms with Crippen molar-refractivity contribution in [3.05, 3.63) is 0 Å². The normalized spacial score (nSPS) is 13.4. The third-order valence-electron chi connectivity index (χ3n) is 4.78. The van der Waals surface area contributed by atoms with Crippen molar-refractivity contribution in [3.63, 3.8) is 0 Å². The highest BCUT2D eigenvalue weighted by atomic mass is 31.2. The summed E-state index contributed by atoms with van der Waals surface area (Å²) in [7, 11) is -9.00. The molecule has 0 fully saturated rings. The van der Waals surface area contributed by atoms with Gasteiger partial charge in [0.1, 0.15) is 11.6 Å². The monoisotopic (exact) mass is 488 g/mol. The number of hydrogen-bond acceptors (Lipinski definition) is 6. The lowest BCUT2D eigenvalue weighted by Crippen LogP contribution is -2.19. The summed E-state index contributed by atoms with van der Waals surface area (Å²) in [5, 5.41) is 0. The van der Waals surface area contributed by atoms with E-state index in [1.165, 1.54) is 0 Å². The van der Waals surface area contributed by atoms with E-state index < -0.39 is 26.5 Å². The molecule has 0 amide bonds. The van der Waals surface area contributed by atoms with Gasteiger partial charge in [0, 0.05) is 25.7 Å². The van der Waals surface area contributed by atoms with E-state index in [-0.39, 0.29) is 24.8 Å². The number of phosphoric ester groups is 2. The van der Waals surface area contributed by atoms with Crippen LogP contribution in [0.1, 0.15) is 85.5 Å². The molecule has 0 aliphatic carbocycles. The van der Waals surface area contributed by atoms with Crippen molar-refractivity contribution in [2.75, 3.05) is 13.2 Å². The summed E-state index contributed by atoms with van der Waals surface area (Å²) in [6.45, 7) is 7.05. The molecule has 10 nitrogen and oxygen atoms in total. The van der Waals surface area contributed by atoms with Crippen molar-refractivity contribution >= 4 is 27.2 Å². The van der Waals surface area contributed by atoms with Gasteiger partial charge >= 0.3 is 15.6 Å². The summed E-state index contributed by atoms with van der Waals surface area (Å²) in [6.07, 6.45) is 4.12. The maximum atomic E-state index is 12.0. The lowest BCUT2D eigenvalue weighted by atomic mass is 9.87. The molecule has 0 atom stereocenters. The zero-order valence-corrected chi connectivity index (χ0v) is 20.7. The molecule has 0 aromatic heterocycles. The van der Waals surface area contributed by atoms with Crippen molar-refractivity contribution in [2.24, 2.45) is 10.8 Å². The van der Waals surface area contributed by atoms with Crippen LogP contribution in [0.2, 0.25) is 0 Å². The summed E-state index contributed by atoms with van der Waals surface area (Å²) in [4.78, 5) is 59.0. The zero-order chi connectivity index (χ0) is 24.3. The fourth-order valence-corrected chi connectivity index (χ4v) is 3.96. The highest BCUT2D eigenvalue weighted by Crippen LogP contribution is 2.40. The minimum atomic E-state index is -4.50. The molecule has 0 heterocycles. The molecule has 184 valence electrons. The molecule has 0 saturated heterocycles. The van der Waals surface area contributed by atoms with E-state index in [1.54, 1.807) is 0 Å². The largest absolute Gasteiger partial charge is 0.469 e. The van der Waals surface area contributed by atoms with Crippen molar-refractivity contribution < 1.29 is 47.3 Å². The fraction of sp³-hybridized carbons (Fsp3) is 0.895. The van der Waals surface area contributed by atoms with Gasteiger partial charge < -0.3 is 19.6 Å². The Balaban J connectivity index is 3.95. The minimum Gasteiger partial charge on any atom is -0.303 e. The topological polar surface area (TPSA) is 168 Å². The van der Waals surface area contributed by atoms with E-state index in [2.05, 4.69) is 9.05 Å². The Bertz CT molecular complexity index is 607. The van der Waals surface area contributed by atoms with Crippen LogP contribution in [0.25, 0.3) is 0 Å². The summed E-state index contributed by atoms with van der Waals surface area (Å²) in [6, 6.07) is 0. The van der Waals surface area contributed by atoms with Gasteiger partial charge in [-0.2, -0.15) is 0 Å². The highest BCUT2D eigenvalue weighted by molar-refractivity contribution is 7.46. The molecular formula is C19H38O10P2. The highest BCUT2D eigenvalue weighted by Gasteiger charge is 2.25. The molecule has 0 unspecified atom stereocenters. The number of Topliss-reactive ketones (excluding diaryl/α,β-unsaturated/α-hetero) is 2. The Morgan fingerprint density at radius 2 is 0.935 bits per heavy atom. The third-order valence-corrected chi connectivity index (χ3v) is 5.71. The van der Waals surface area contributed by atoms with Gasteiger partial charge in [-0.05, 0) is 42.9 Å². The summed E-state index contributed by atoms with van der Waals surface area (Å²) < 4.78 is 30.6. The molecule has 12 heteroatoms. The van der Waals surface area contributed by atoms with Gasteiger partial charge in [-0.25, -0.2) is 9.13 Å². The van der Waals surface area contributed by atoms with Gasteiger partial charge in [0.2, 0.25) is 0 Å². The molecular weight excluding hydrogens is 450 g/mol. The van der Waals surface area contributed by atoms with Crippen LogP contribution in [0.3, 0.4) is 0 Å². The first-order valence-electron chi connectivity index (χ1n) is 10.3. The maximum absolute atomic E-state index is 12.0. The molecule has 0 aliphatic heterocycles. The SMILES string of the molecule is CC(C)(CCCC(=O)CCCC(=O)CCCC(C)(C)COP(=O)(O)O)COP(=O)(O)O. The molecule has 0 radical (unpaired) electrons. The van der Waals surface area contributed by atoms with Crippen molar-refractivity contribution in [3.8, 4) is 0 Å². The number of carbonyl (C=O) groups excluding carboxylic acids is 2. The smallest absolute Gasteiger partial charge is 0.303 e. The number of ketones is 2. The van der Waals surface area contributed by atoms with Crippen LogP contribution in [0.15, 0.2) is 0 Å². The quantitative estimate of drug-likeness (QED) is 0.208. The molecule has 0 rings (SSSR count). The van der Waals surface area contributed by atoms with Gasteiger partial charge in [-0.1, -0.05) is 27.7 Å².